The van der Waals surface area contributed by atoms with Gasteiger partial charge in [-0.3, -0.25) is 9.59 Å². The highest BCUT2D eigenvalue weighted by molar-refractivity contribution is 5.97. The summed E-state index contributed by atoms with van der Waals surface area (Å²) in [6.45, 7) is 2.32. The van der Waals surface area contributed by atoms with Gasteiger partial charge in [0.15, 0.2) is 0 Å². The number of benzene rings is 1. The number of ketones is 1. The number of alkyl halides is 3. The molecule has 0 aliphatic carbocycles. The van der Waals surface area contributed by atoms with E-state index in [4.69, 9.17) is 4.74 Å². The summed E-state index contributed by atoms with van der Waals surface area (Å²) in [5, 5.41) is 2.66. The van der Waals surface area contributed by atoms with Crippen LogP contribution in [0.25, 0.3) is 0 Å². The van der Waals surface area contributed by atoms with Crippen molar-refractivity contribution in [1.82, 2.24) is 4.90 Å². The van der Waals surface area contributed by atoms with Gasteiger partial charge in [-0.25, -0.2) is 4.79 Å². The number of carbonyl (C=O) groups excluding carboxylic acids is 3. The molecule has 1 unspecified atom stereocenters. The largest absolute Gasteiger partial charge is 0.462 e. The molecule has 0 spiro atoms. The van der Waals surface area contributed by atoms with E-state index in [9.17, 15) is 27.6 Å². The summed E-state index contributed by atoms with van der Waals surface area (Å²) in [5.74, 6) is -2.85. The molecular weight excluding hydrogens is 365 g/mol. The van der Waals surface area contributed by atoms with E-state index in [1.807, 2.05) is 0 Å². The first-order chi connectivity index (χ1) is 12.7. The molecule has 1 atom stereocenters. The summed E-state index contributed by atoms with van der Waals surface area (Å²) >= 11 is 0. The minimum Gasteiger partial charge on any atom is -0.462 e. The number of ether oxygens (including phenoxy) is 1. The van der Waals surface area contributed by atoms with E-state index in [2.05, 4.69) is 5.32 Å². The number of allylic oxidation sites excluding steroid dienone is 1. The Morgan fingerprint density at radius 3 is 2.52 bits per heavy atom. The Morgan fingerprint density at radius 2 is 1.93 bits per heavy atom. The van der Waals surface area contributed by atoms with Crippen LogP contribution in [0, 0.1) is 0 Å². The molecule has 0 saturated carbocycles. The molecule has 0 aromatic heterocycles. The highest BCUT2D eigenvalue weighted by atomic mass is 19.4. The highest BCUT2D eigenvalue weighted by Crippen LogP contribution is 2.21. The first-order valence-electron chi connectivity index (χ1n) is 8.35. The first-order valence-corrected chi connectivity index (χ1v) is 8.35. The van der Waals surface area contributed by atoms with Crippen LogP contribution in [-0.2, 0) is 14.3 Å². The van der Waals surface area contributed by atoms with E-state index in [1.165, 1.54) is 29.2 Å². The smallest absolute Gasteiger partial charge is 0.454 e. The SMILES string of the molecule is CCOC(=O)c1ccc(NC(=O)C2CCCN2C=CC(=O)C(F)(F)F)cc1. The third kappa shape index (κ3) is 5.57. The maximum Gasteiger partial charge on any atom is 0.454 e. The summed E-state index contributed by atoms with van der Waals surface area (Å²) < 4.78 is 41.7. The van der Waals surface area contributed by atoms with Crippen LogP contribution < -0.4 is 5.32 Å². The van der Waals surface area contributed by atoms with Crippen molar-refractivity contribution in [3.05, 3.63) is 42.1 Å². The standard InChI is InChI=1S/C18H19F3N2O4/c1-2-27-17(26)12-5-7-13(8-6-12)22-16(25)14-4-3-10-23(14)11-9-15(24)18(19,20)21/h5-9,11,14H,2-4,10H2,1H3,(H,22,25). The van der Waals surface area contributed by atoms with Crippen molar-refractivity contribution in [2.45, 2.75) is 32.0 Å². The molecule has 1 heterocycles. The Morgan fingerprint density at radius 1 is 1.26 bits per heavy atom. The molecule has 2 rings (SSSR count). The van der Waals surface area contributed by atoms with Gasteiger partial charge in [-0.05, 0) is 44.0 Å². The van der Waals surface area contributed by atoms with Crippen molar-refractivity contribution in [2.75, 3.05) is 18.5 Å². The first kappa shape index (κ1) is 20.5. The lowest BCUT2D eigenvalue weighted by molar-refractivity contribution is -0.165. The van der Waals surface area contributed by atoms with Gasteiger partial charge in [-0.1, -0.05) is 0 Å². The maximum absolute atomic E-state index is 12.4. The summed E-state index contributed by atoms with van der Waals surface area (Å²) in [6, 6.07) is 5.40. The molecule has 146 valence electrons. The lowest BCUT2D eigenvalue weighted by Crippen LogP contribution is -2.36. The fraction of sp³-hybridized carbons (Fsp3) is 0.389. The van der Waals surface area contributed by atoms with Gasteiger partial charge in [0, 0.05) is 24.5 Å². The van der Waals surface area contributed by atoms with E-state index in [0.29, 0.717) is 36.7 Å². The summed E-state index contributed by atoms with van der Waals surface area (Å²) in [5.41, 5.74) is 0.779. The van der Waals surface area contributed by atoms with Crippen LogP contribution in [0.3, 0.4) is 0 Å². The van der Waals surface area contributed by atoms with Gasteiger partial charge in [-0.15, -0.1) is 0 Å². The van der Waals surface area contributed by atoms with Gasteiger partial charge in [-0.2, -0.15) is 13.2 Å². The van der Waals surface area contributed by atoms with Gasteiger partial charge in [0.05, 0.1) is 12.2 Å². The van der Waals surface area contributed by atoms with Gasteiger partial charge >= 0.3 is 12.1 Å². The molecule has 0 radical (unpaired) electrons. The van der Waals surface area contributed by atoms with E-state index < -0.39 is 29.9 Å². The highest BCUT2D eigenvalue weighted by Gasteiger charge is 2.37. The monoisotopic (exact) mass is 384 g/mol. The Labute approximate surface area is 154 Å². The summed E-state index contributed by atoms with van der Waals surface area (Å²) in [6.07, 6.45) is -2.42. The number of nitrogens with zero attached hydrogens (tertiary/aromatic N) is 1. The number of likely N-dealkylation sites (tertiary alicyclic amines) is 1. The van der Waals surface area contributed by atoms with E-state index in [0.717, 1.165) is 6.20 Å². The number of nitrogens with one attached hydrogen (secondary N) is 1. The van der Waals surface area contributed by atoms with Crippen LogP contribution in [0.1, 0.15) is 30.1 Å². The number of esters is 1. The van der Waals surface area contributed by atoms with Gasteiger partial charge in [0.1, 0.15) is 6.04 Å². The molecule has 1 N–H and O–H groups in total. The van der Waals surface area contributed by atoms with Gasteiger partial charge < -0.3 is 15.0 Å². The van der Waals surface area contributed by atoms with Gasteiger partial charge in [0.25, 0.3) is 5.78 Å². The molecule has 0 bridgehead atoms. The van der Waals surface area contributed by atoms with Crippen molar-refractivity contribution in [3.63, 3.8) is 0 Å². The summed E-state index contributed by atoms with van der Waals surface area (Å²) in [4.78, 5) is 36.4. The zero-order valence-electron chi connectivity index (χ0n) is 14.6. The van der Waals surface area contributed by atoms with Crippen LogP contribution in [0.4, 0.5) is 18.9 Å². The third-order valence-electron chi connectivity index (χ3n) is 3.96. The van der Waals surface area contributed by atoms with Crippen molar-refractivity contribution in [1.29, 1.82) is 0 Å². The molecule has 1 aromatic carbocycles. The fourth-order valence-corrected chi connectivity index (χ4v) is 2.64. The Hall–Kier alpha value is -2.84. The summed E-state index contributed by atoms with van der Waals surface area (Å²) in [7, 11) is 0. The topological polar surface area (TPSA) is 75.7 Å². The van der Waals surface area contributed by atoms with Crippen LogP contribution in [-0.4, -0.2) is 47.9 Å². The molecule has 9 heteroatoms. The zero-order valence-corrected chi connectivity index (χ0v) is 14.6. The number of hydrogen-bond acceptors (Lipinski definition) is 5. The number of halogens is 3. The predicted molar refractivity (Wildman–Crippen MR) is 91.0 cm³/mol. The Bertz CT molecular complexity index is 729. The average Bonchev–Trinajstić information content (AvgIpc) is 3.08. The molecule has 1 amide bonds. The van der Waals surface area contributed by atoms with E-state index in [-0.39, 0.29) is 6.61 Å². The molecule has 1 aliphatic heterocycles. The zero-order chi connectivity index (χ0) is 20.0. The average molecular weight is 384 g/mol. The third-order valence-corrected chi connectivity index (χ3v) is 3.96. The molecular formula is C18H19F3N2O4. The second-order valence-electron chi connectivity index (χ2n) is 5.86. The Kier molecular flexibility index (Phi) is 6.59. The number of amides is 1. The van der Waals surface area contributed by atoms with Crippen molar-refractivity contribution >= 4 is 23.3 Å². The second kappa shape index (κ2) is 8.70. The lowest BCUT2D eigenvalue weighted by atomic mass is 10.1. The second-order valence-corrected chi connectivity index (χ2v) is 5.86. The fourth-order valence-electron chi connectivity index (χ4n) is 2.64. The quantitative estimate of drug-likeness (QED) is 0.603. The van der Waals surface area contributed by atoms with Crippen molar-refractivity contribution in [2.24, 2.45) is 0 Å². The maximum atomic E-state index is 12.4. The minimum absolute atomic E-state index is 0.249. The molecule has 1 fully saturated rings. The molecule has 1 aliphatic rings. The Balaban J connectivity index is 1.99. The van der Waals surface area contributed by atoms with Crippen LogP contribution in [0.15, 0.2) is 36.5 Å². The normalized spacial score (nSPS) is 17.2. The predicted octanol–water partition coefficient (Wildman–Crippen LogP) is 2.91. The van der Waals surface area contributed by atoms with Crippen LogP contribution in [0.5, 0.6) is 0 Å². The molecule has 6 nitrogen and oxygen atoms in total. The van der Waals surface area contributed by atoms with E-state index >= 15 is 0 Å². The van der Waals surface area contributed by atoms with Gasteiger partial charge in [0.2, 0.25) is 5.91 Å². The number of rotatable bonds is 6. The van der Waals surface area contributed by atoms with Crippen molar-refractivity contribution < 1.29 is 32.3 Å². The van der Waals surface area contributed by atoms with Crippen LogP contribution in [0.2, 0.25) is 0 Å². The molecule has 1 aromatic rings. The van der Waals surface area contributed by atoms with E-state index in [1.54, 1.807) is 6.92 Å². The number of anilines is 1. The van der Waals surface area contributed by atoms with Crippen molar-refractivity contribution in [3.8, 4) is 0 Å². The number of hydrogen-bond donors (Lipinski definition) is 1. The lowest BCUT2D eigenvalue weighted by Gasteiger charge is -2.22. The minimum atomic E-state index is -4.94. The number of carbonyl (C=O) groups is 3. The molecule has 27 heavy (non-hydrogen) atoms. The molecule has 1 saturated heterocycles. The van der Waals surface area contributed by atoms with Crippen LogP contribution >= 0.6 is 0 Å².